The molecule has 1 aliphatic carbocycles. The van der Waals surface area contributed by atoms with Gasteiger partial charge in [0.2, 0.25) is 0 Å². The van der Waals surface area contributed by atoms with Crippen LogP contribution in [-0.4, -0.2) is 22.0 Å². The molecule has 6 heteroatoms. The molecule has 4 aromatic rings. The van der Waals surface area contributed by atoms with Crippen molar-refractivity contribution in [3.63, 3.8) is 0 Å². The van der Waals surface area contributed by atoms with Crippen LogP contribution in [-0.2, 0) is 0 Å². The molecule has 152 valence electrons. The van der Waals surface area contributed by atoms with E-state index in [0.29, 0.717) is 5.92 Å². The number of nitrogens with one attached hydrogen (secondary N) is 3. The molecule has 3 N–H and O–H groups in total. The number of aromatic nitrogens is 2. The average Bonchev–Trinajstić information content (AvgIpc) is 3.41. The van der Waals surface area contributed by atoms with Crippen molar-refractivity contribution >= 4 is 33.4 Å². The zero-order chi connectivity index (χ0) is 20.3. The first-order valence-corrected chi connectivity index (χ1v) is 11.2. The standard InChI is InChI=1S/C24H24N4OS/c29-24(28-22-14-13-21(30-22)16-7-2-1-3-8-16)25-18-10-6-9-17(15-18)23-26-19-11-4-5-12-20(19)27-23/h1-5,7-8,11-14,17-18H,6,9-10,15H2,(H,26,27)(H2,25,28,29)/t17-,18+/m0/s1. The molecule has 30 heavy (non-hydrogen) atoms. The minimum absolute atomic E-state index is 0.133. The Labute approximate surface area is 179 Å². The van der Waals surface area contributed by atoms with Crippen LogP contribution >= 0.6 is 11.3 Å². The van der Waals surface area contributed by atoms with Crippen LogP contribution < -0.4 is 10.6 Å². The number of para-hydroxylation sites is 2. The number of thiophene rings is 1. The van der Waals surface area contributed by atoms with Gasteiger partial charge in [-0.1, -0.05) is 48.9 Å². The summed E-state index contributed by atoms with van der Waals surface area (Å²) < 4.78 is 0. The Hall–Kier alpha value is -3.12. The first-order chi connectivity index (χ1) is 14.7. The number of rotatable bonds is 4. The predicted octanol–water partition coefficient (Wildman–Crippen LogP) is 6.14. The number of urea groups is 1. The number of imidazole rings is 1. The van der Waals surface area contributed by atoms with Crippen LogP contribution in [0.3, 0.4) is 0 Å². The van der Waals surface area contributed by atoms with E-state index in [1.165, 1.54) is 0 Å². The highest BCUT2D eigenvalue weighted by Crippen LogP contribution is 2.33. The van der Waals surface area contributed by atoms with Gasteiger partial charge in [0.15, 0.2) is 0 Å². The monoisotopic (exact) mass is 416 g/mol. The fourth-order valence-corrected chi connectivity index (χ4v) is 5.14. The molecule has 0 unspecified atom stereocenters. The zero-order valence-corrected chi connectivity index (χ0v) is 17.4. The normalized spacial score (nSPS) is 18.9. The topological polar surface area (TPSA) is 69.8 Å². The molecule has 0 spiro atoms. The van der Waals surface area contributed by atoms with Crippen molar-refractivity contribution in [2.75, 3.05) is 5.32 Å². The van der Waals surface area contributed by atoms with Crippen LogP contribution in [0.15, 0.2) is 66.7 Å². The Kier molecular flexibility index (Phi) is 5.24. The zero-order valence-electron chi connectivity index (χ0n) is 16.6. The highest BCUT2D eigenvalue weighted by molar-refractivity contribution is 7.19. The molecule has 2 atom stereocenters. The number of hydrogen-bond donors (Lipinski definition) is 3. The predicted molar refractivity (Wildman–Crippen MR) is 123 cm³/mol. The van der Waals surface area contributed by atoms with Crippen LogP contribution in [0, 0.1) is 0 Å². The summed E-state index contributed by atoms with van der Waals surface area (Å²) in [4.78, 5) is 21.9. The maximum Gasteiger partial charge on any atom is 0.320 e. The molecule has 1 saturated carbocycles. The molecule has 2 aromatic heterocycles. The van der Waals surface area contributed by atoms with E-state index in [9.17, 15) is 4.79 Å². The van der Waals surface area contributed by atoms with Crippen molar-refractivity contribution < 1.29 is 4.79 Å². The van der Waals surface area contributed by atoms with Gasteiger partial charge in [0.1, 0.15) is 5.82 Å². The van der Waals surface area contributed by atoms with Crippen molar-refractivity contribution in [1.82, 2.24) is 15.3 Å². The lowest BCUT2D eigenvalue weighted by molar-refractivity contribution is 0.242. The number of fused-ring (bicyclic) bond motifs is 1. The van der Waals surface area contributed by atoms with Gasteiger partial charge in [0, 0.05) is 16.8 Å². The number of carbonyl (C=O) groups is 1. The summed E-state index contributed by atoms with van der Waals surface area (Å²) in [6.07, 6.45) is 4.10. The molecular weight excluding hydrogens is 392 g/mol. The van der Waals surface area contributed by atoms with Crippen molar-refractivity contribution in [2.24, 2.45) is 0 Å². The van der Waals surface area contributed by atoms with E-state index in [1.54, 1.807) is 11.3 Å². The molecular formula is C24H24N4OS. The first-order valence-electron chi connectivity index (χ1n) is 10.4. The second-order valence-electron chi connectivity index (χ2n) is 7.83. The summed E-state index contributed by atoms with van der Waals surface area (Å²) >= 11 is 1.59. The maximum atomic E-state index is 12.6. The number of benzene rings is 2. The molecule has 0 radical (unpaired) electrons. The smallest absolute Gasteiger partial charge is 0.320 e. The molecule has 0 bridgehead atoms. The van der Waals surface area contributed by atoms with E-state index < -0.39 is 0 Å². The highest BCUT2D eigenvalue weighted by atomic mass is 32.1. The summed E-state index contributed by atoms with van der Waals surface area (Å²) in [5, 5.41) is 7.02. The highest BCUT2D eigenvalue weighted by Gasteiger charge is 2.26. The van der Waals surface area contributed by atoms with Gasteiger partial charge in [0.25, 0.3) is 0 Å². The first kappa shape index (κ1) is 18.9. The Morgan fingerprint density at radius 1 is 1.00 bits per heavy atom. The summed E-state index contributed by atoms with van der Waals surface area (Å²) in [6, 6.07) is 22.4. The van der Waals surface area contributed by atoms with Gasteiger partial charge in [0.05, 0.1) is 16.0 Å². The number of anilines is 1. The van der Waals surface area contributed by atoms with Crippen LogP contribution in [0.25, 0.3) is 21.5 Å². The molecule has 5 nitrogen and oxygen atoms in total. The van der Waals surface area contributed by atoms with Gasteiger partial charge in [-0.05, 0) is 49.1 Å². The number of carbonyl (C=O) groups excluding carboxylic acids is 1. The molecule has 1 aliphatic rings. The average molecular weight is 417 g/mol. The summed E-state index contributed by atoms with van der Waals surface area (Å²) in [6.45, 7) is 0. The van der Waals surface area contributed by atoms with Crippen molar-refractivity contribution in [2.45, 2.75) is 37.6 Å². The minimum Gasteiger partial charge on any atom is -0.342 e. The third-order valence-corrected chi connectivity index (χ3v) is 6.75. The van der Waals surface area contributed by atoms with Crippen LogP contribution in [0.2, 0.25) is 0 Å². The Bertz CT molecular complexity index is 1120. The van der Waals surface area contributed by atoms with E-state index in [-0.39, 0.29) is 12.1 Å². The van der Waals surface area contributed by atoms with E-state index in [1.807, 2.05) is 48.5 Å². The van der Waals surface area contributed by atoms with E-state index in [0.717, 1.165) is 58.0 Å². The van der Waals surface area contributed by atoms with Gasteiger partial charge >= 0.3 is 6.03 Å². The van der Waals surface area contributed by atoms with Gasteiger partial charge in [-0.2, -0.15) is 0 Å². The second kappa shape index (κ2) is 8.32. The summed E-state index contributed by atoms with van der Waals surface area (Å²) in [5.74, 6) is 1.39. The van der Waals surface area contributed by atoms with E-state index in [2.05, 4.69) is 33.8 Å². The number of hydrogen-bond acceptors (Lipinski definition) is 3. The minimum atomic E-state index is -0.133. The van der Waals surface area contributed by atoms with Crippen molar-refractivity contribution in [1.29, 1.82) is 0 Å². The molecule has 5 rings (SSSR count). The molecule has 2 heterocycles. The fraction of sp³-hybridized carbons (Fsp3) is 0.250. The van der Waals surface area contributed by atoms with Crippen molar-refractivity contribution in [3.05, 3.63) is 72.6 Å². The summed E-state index contributed by atoms with van der Waals surface area (Å²) in [5.41, 5.74) is 3.25. The van der Waals surface area contributed by atoms with Gasteiger partial charge in [-0.3, -0.25) is 5.32 Å². The lowest BCUT2D eigenvalue weighted by Crippen LogP contribution is -2.40. The Morgan fingerprint density at radius 2 is 1.83 bits per heavy atom. The molecule has 2 amide bonds. The number of H-pyrrole nitrogens is 1. The van der Waals surface area contributed by atoms with Crippen LogP contribution in [0.5, 0.6) is 0 Å². The number of nitrogens with zero attached hydrogens (tertiary/aromatic N) is 1. The lowest BCUT2D eigenvalue weighted by Gasteiger charge is -2.28. The SMILES string of the molecule is O=C(Nc1ccc(-c2ccccc2)s1)N[C@@H]1CCC[C@H](c2nc3ccccc3[nH]2)C1. The van der Waals surface area contributed by atoms with Crippen LogP contribution in [0.4, 0.5) is 9.80 Å². The third-order valence-electron chi connectivity index (χ3n) is 5.70. The van der Waals surface area contributed by atoms with E-state index in [4.69, 9.17) is 4.98 Å². The van der Waals surface area contributed by atoms with Gasteiger partial charge < -0.3 is 10.3 Å². The molecule has 1 fully saturated rings. The molecule has 0 saturated heterocycles. The van der Waals surface area contributed by atoms with Gasteiger partial charge in [-0.25, -0.2) is 9.78 Å². The number of amides is 2. The lowest BCUT2D eigenvalue weighted by atomic mass is 9.85. The fourth-order valence-electron chi connectivity index (χ4n) is 4.23. The number of aromatic amines is 1. The molecule has 2 aromatic carbocycles. The molecule has 0 aliphatic heterocycles. The Morgan fingerprint density at radius 3 is 2.70 bits per heavy atom. The maximum absolute atomic E-state index is 12.6. The second-order valence-corrected chi connectivity index (χ2v) is 8.91. The third kappa shape index (κ3) is 4.09. The quantitative estimate of drug-likeness (QED) is 0.374. The van der Waals surface area contributed by atoms with Crippen LogP contribution in [0.1, 0.15) is 37.4 Å². The van der Waals surface area contributed by atoms with Crippen molar-refractivity contribution in [3.8, 4) is 10.4 Å². The van der Waals surface area contributed by atoms with E-state index >= 15 is 0 Å². The summed E-state index contributed by atoms with van der Waals surface area (Å²) in [7, 11) is 0. The Balaban J connectivity index is 1.20. The van der Waals surface area contributed by atoms with Gasteiger partial charge in [-0.15, -0.1) is 11.3 Å². The largest absolute Gasteiger partial charge is 0.342 e.